The number of nitrogens with zero attached hydrogens (tertiary/aromatic N) is 5. The lowest BCUT2D eigenvalue weighted by molar-refractivity contribution is 0.194. The molecule has 0 spiro atoms. The zero-order chi connectivity index (χ0) is 17.8. The molecular formula is C18H26N6O. The average Bonchev–Trinajstić information content (AvgIpc) is 3.01. The van der Waals surface area contributed by atoms with Crippen LogP contribution < -0.4 is 5.32 Å². The number of carbonyl (C=O) groups excluding carboxylic acids is 1. The predicted octanol–water partition coefficient (Wildman–Crippen LogP) is 2.29. The summed E-state index contributed by atoms with van der Waals surface area (Å²) in [5.74, 6) is 0.442. The lowest BCUT2D eigenvalue weighted by Crippen LogP contribution is -2.40. The SMILES string of the molecule is CN(C)Cc1cc(NC(=O)N2CCC(c3ccn(C)n3)CC2)ccn1. The summed E-state index contributed by atoms with van der Waals surface area (Å²) in [6, 6.07) is 5.79. The highest BCUT2D eigenvalue weighted by atomic mass is 16.2. The first-order chi connectivity index (χ1) is 12.0. The van der Waals surface area contributed by atoms with E-state index in [1.165, 1.54) is 0 Å². The number of pyridine rings is 1. The van der Waals surface area contributed by atoms with Crippen molar-refractivity contribution in [2.45, 2.75) is 25.3 Å². The van der Waals surface area contributed by atoms with Gasteiger partial charge in [0.25, 0.3) is 0 Å². The molecule has 2 aromatic rings. The Morgan fingerprint density at radius 3 is 2.72 bits per heavy atom. The van der Waals surface area contributed by atoms with Crippen LogP contribution in [0.2, 0.25) is 0 Å². The van der Waals surface area contributed by atoms with Crippen LogP contribution in [0.25, 0.3) is 0 Å². The minimum atomic E-state index is -0.0403. The summed E-state index contributed by atoms with van der Waals surface area (Å²) >= 11 is 0. The number of amides is 2. The van der Waals surface area contributed by atoms with E-state index in [4.69, 9.17) is 0 Å². The molecule has 2 amide bonds. The summed E-state index contributed by atoms with van der Waals surface area (Å²) in [4.78, 5) is 20.8. The predicted molar refractivity (Wildman–Crippen MR) is 97.4 cm³/mol. The molecule has 7 nitrogen and oxygen atoms in total. The van der Waals surface area contributed by atoms with Crippen molar-refractivity contribution in [1.82, 2.24) is 24.6 Å². The van der Waals surface area contributed by atoms with Crippen molar-refractivity contribution >= 4 is 11.7 Å². The summed E-state index contributed by atoms with van der Waals surface area (Å²) in [7, 11) is 5.93. The van der Waals surface area contributed by atoms with Gasteiger partial charge in [0.2, 0.25) is 0 Å². The fourth-order valence-corrected chi connectivity index (χ4v) is 3.20. The van der Waals surface area contributed by atoms with Gasteiger partial charge in [-0.1, -0.05) is 0 Å². The van der Waals surface area contributed by atoms with Gasteiger partial charge in [-0.05, 0) is 45.1 Å². The summed E-state index contributed by atoms with van der Waals surface area (Å²) < 4.78 is 1.84. The van der Waals surface area contributed by atoms with Crippen molar-refractivity contribution in [2.24, 2.45) is 7.05 Å². The number of piperidine rings is 1. The molecule has 3 rings (SSSR count). The molecule has 0 bridgehead atoms. The monoisotopic (exact) mass is 342 g/mol. The van der Waals surface area contributed by atoms with Crippen LogP contribution in [0.1, 0.15) is 30.1 Å². The number of rotatable bonds is 4. The van der Waals surface area contributed by atoms with Crippen LogP contribution in [0.5, 0.6) is 0 Å². The Labute approximate surface area is 148 Å². The number of aryl methyl sites for hydroxylation is 1. The molecule has 0 aromatic carbocycles. The normalized spacial score (nSPS) is 15.6. The highest BCUT2D eigenvalue weighted by molar-refractivity contribution is 5.89. The quantitative estimate of drug-likeness (QED) is 0.926. The van der Waals surface area contributed by atoms with Crippen molar-refractivity contribution in [1.29, 1.82) is 0 Å². The molecule has 0 saturated carbocycles. The lowest BCUT2D eigenvalue weighted by Gasteiger charge is -2.31. The van der Waals surface area contributed by atoms with Gasteiger partial charge in [0.15, 0.2) is 0 Å². The highest BCUT2D eigenvalue weighted by Gasteiger charge is 2.25. The van der Waals surface area contributed by atoms with Gasteiger partial charge in [0.05, 0.1) is 11.4 Å². The van der Waals surface area contributed by atoms with E-state index in [0.29, 0.717) is 5.92 Å². The second-order valence-corrected chi connectivity index (χ2v) is 6.88. The van der Waals surface area contributed by atoms with E-state index in [1.807, 2.05) is 49.1 Å². The lowest BCUT2D eigenvalue weighted by atomic mass is 9.94. The van der Waals surface area contributed by atoms with Crippen LogP contribution in [0, 0.1) is 0 Å². The molecule has 134 valence electrons. The summed E-state index contributed by atoms with van der Waals surface area (Å²) in [5.41, 5.74) is 2.87. The molecule has 3 heterocycles. The number of nitrogens with one attached hydrogen (secondary N) is 1. The van der Waals surface area contributed by atoms with Gasteiger partial charge >= 0.3 is 6.03 Å². The van der Waals surface area contributed by atoms with E-state index < -0.39 is 0 Å². The Morgan fingerprint density at radius 2 is 2.08 bits per heavy atom. The van der Waals surface area contributed by atoms with Gasteiger partial charge < -0.3 is 15.1 Å². The number of likely N-dealkylation sites (tertiary alicyclic amines) is 1. The first kappa shape index (κ1) is 17.4. The zero-order valence-corrected chi connectivity index (χ0v) is 15.1. The van der Waals surface area contributed by atoms with Gasteiger partial charge in [-0.3, -0.25) is 9.67 Å². The maximum Gasteiger partial charge on any atom is 0.321 e. The largest absolute Gasteiger partial charge is 0.324 e. The van der Waals surface area contributed by atoms with Crippen LogP contribution in [-0.2, 0) is 13.6 Å². The van der Waals surface area contributed by atoms with E-state index in [0.717, 1.165) is 49.6 Å². The molecule has 0 atom stereocenters. The second kappa shape index (κ2) is 7.65. The van der Waals surface area contributed by atoms with Crippen LogP contribution in [0.3, 0.4) is 0 Å². The Kier molecular flexibility index (Phi) is 5.33. The van der Waals surface area contributed by atoms with Gasteiger partial charge in [-0.15, -0.1) is 0 Å². The van der Waals surface area contributed by atoms with Gasteiger partial charge in [-0.2, -0.15) is 5.10 Å². The number of aromatic nitrogens is 3. The molecular weight excluding hydrogens is 316 g/mol. The Balaban J connectivity index is 1.54. The van der Waals surface area contributed by atoms with E-state index in [9.17, 15) is 4.79 Å². The van der Waals surface area contributed by atoms with Crippen molar-refractivity contribution in [2.75, 3.05) is 32.5 Å². The van der Waals surface area contributed by atoms with E-state index in [2.05, 4.69) is 26.4 Å². The van der Waals surface area contributed by atoms with Crippen molar-refractivity contribution in [3.63, 3.8) is 0 Å². The highest BCUT2D eigenvalue weighted by Crippen LogP contribution is 2.26. The van der Waals surface area contributed by atoms with E-state index in [1.54, 1.807) is 6.20 Å². The molecule has 1 saturated heterocycles. The number of hydrogen-bond donors (Lipinski definition) is 1. The first-order valence-corrected chi connectivity index (χ1v) is 8.66. The molecule has 1 fully saturated rings. The smallest absolute Gasteiger partial charge is 0.321 e. The molecule has 2 aromatic heterocycles. The summed E-state index contributed by atoms with van der Waals surface area (Å²) in [6.07, 6.45) is 5.62. The summed E-state index contributed by atoms with van der Waals surface area (Å²) in [5, 5.41) is 7.48. The van der Waals surface area contributed by atoms with Crippen molar-refractivity contribution in [3.8, 4) is 0 Å². The fraction of sp³-hybridized carbons (Fsp3) is 0.500. The van der Waals surface area contributed by atoms with Gasteiger partial charge in [-0.25, -0.2) is 4.79 Å². The molecule has 1 N–H and O–H groups in total. The number of anilines is 1. The summed E-state index contributed by atoms with van der Waals surface area (Å²) in [6.45, 7) is 2.25. The maximum atomic E-state index is 12.5. The third kappa shape index (κ3) is 4.57. The second-order valence-electron chi connectivity index (χ2n) is 6.88. The molecule has 7 heteroatoms. The van der Waals surface area contributed by atoms with Gasteiger partial charge in [0.1, 0.15) is 0 Å². The minimum absolute atomic E-state index is 0.0403. The van der Waals surface area contributed by atoms with Gasteiger partial charge in [0, 0.05) is 50.7 Å². The van der Waals surface area contributed by atoms with Crippen LogP contribution >= 0.6 is 0 Å². The molecule has 0 aliphatic carbocycles. The number of hydrogen-bond acceptors (Lipinski definition) is 4. The molecule has 1 aliphatic rings. The Morgan fingerprint density at radius 1 is 1.32 bits per heavy atom. The van der Waals surface area contributed by atoms with Crippen molar-refractivity contribution < 1.29 is 4.79 Å². The molecule has 25 heavy (non-hydrogen) atoms. The molecule has 0 unspecified atom stereocenters. The number of carbonyl (C=O) groups is 1. The minimum Gasteiger partial charge on any atom is -0.324 e. The van der Waals surface area contributed by atoms with Crippen LogP contribution in [0.4, 0.5) is 10.5 Å². The third-order valence-electron chi connectivity index (χ3n) is 4.48. The van der Waals surface area contributed by atoms with Crippen molar-refractivity contribution in [3.05, 3.63) is 42.0 Å². The number of urea groups is 1. The Bertz CT molecular complexity index is 718. The van der Waals surface area contributed by atoms with E-state index in [-0.39, 0.29) is 6.03 Å². The molecule has 1 aliphatic heterocycles. The topological polar surface area (TPSA) is 66.3 Å². The zero-order valence-electron chi connectivity index (χ0n) is 15.1. The van der Waals surface area contributed by atoms with Crippen LogP contribution in [-0.4, -0.2) is 57.8 Å². The standard InChI is InChI=1S/C18H26N6O/c1-22(2)13-16-12-15(4-8-19-16)20-18(25)24-10-5-14(6-11-24)17-7-9-23(3)21-17/h4,7-9,12,14H,5-6,10-11,13H2,1-3H3,(H,19,20,25). The fourth-order valence-electron chi connectivity index (χ4n) is 3.20. The first-order valence-electron chi connectivity index (χ1n) is 8.66. The third-order valence-corrected chi connectivity index (χ3v) is 4.48. The average molecular weight is 342 g/mol. The Hall–Kier alpha value is -2.41. The van der Waals surface area contributed by atoms with Crippen LogP contribution in [0.15, 0.2) is 30.6 Å². The van der Waals surface area contributed by atoms with E-state index >= 15 is 0 Å². The molecule has 0 radical (unpaired) electrons. The maximum absolute atomic E-state index is 12.5.